The highest BCUT2D eigenvalue weighted by Crippen LogP contribution is 2.18. The van der Waals surface area contributed by atoms with Crippen LogP contribution in [0.1, 0.15) is 36.6 Å². The lowest BCUT2D eigenvalue weighted by Crippen LogP contribution is -2.05. The maximum absolute atomic E-state index is 5.89. The van der Waals surface area contributed by atoms with Crippen molar-refractivity contribution in [2.24, 2.45) is 0 Å². The highest BCUT2D eigenvalue weighted by molar-refractivity contribution is 5.61. The van der Waals surface area contributed by atoms with Gasteiger partial charge in [-0.2, -0.15) is 0 Å². The Balaban J connectivity index is 2.04. The molecule has 1 aromatic heterocycles. The standard InChI is InChI=1S/C16H21N3/c1-11(2)14-7-5-13(6-8-14)10-18-16-15(17)9-4-12(3)19-16/h4-9,11H,10,17H2,1-3H3,(H,18,19). The van der Waals surface area contributed by atoms with E-state index in [-0.39, 0.29) is 0 Å². The van der Waals surface area contributed by atoms with Crippen LogP contribution >= 0.6 is 0 Å². The smallest absolute Gasteiger partial charge is 0.149 e. The second-order valence-electron chi connectivity index (χ2n) is 5.14. The number of pyridine rings is 1. The Hall–Kier alpha value is -2.03. The van der Waals surface area contributed by atoms with Crippen LogP contribution in [0, 0.1) is 6.92 Å². The molecule has 2 aromatic rings. The van der Waals surface area contributed by atoms with Crippen molar-refractivity contribution in [1.82, 2.24) is 4.98 Å². The third-order valence-corrected chi connectivity index (χ3v) is 3.17. The van der Waals surface area contributed by atoms with Crippen LogP contribution < -0.4 is 11.1 Å². The summed E-state index contributed by atoms with van der Waals surface area (Å²) >= 11 is 0. The van der Waals surface area contributed by atoms with Gasteiger partial charge in [-0.05, 0) is 36.1 Å². The van der Waals surface area contributed by atoms with Gasteiger partial charge in [0.25, 0.3) is 0 Å². The SMILES string of the molecule is Cc1ccc(N)c(NCc2ccc(C(C)C)cc2)n1. The van der Waals surface area contributed by atoms with E-state index >= 15 is 0 Å². The Labute approximate surface area is 114 Å². The first kappa shape index (κ1) is 13.4. The minimum absolute atomic E-state index is 0.566. The summed E-state index contributed by atoms with van der Waals surface area (Å²) in [5.41, 5.74) is 10.1. The van der Waals surface area contributed by atoms with Gasteiger partial charge in [-0.3, -0.25) is 0 Å². The summed E-state index contributed by atoms with van der Waals surface area (Å²) in [7, 11) is 0. The third-order valence-electron chi connectivity index (χ3n) is 3.17. The van der Waals surface area contributed by atoms with E-state index in [2.05, 4.69) is 48.4 Å². The number of nitrogens with zero attached hydrogens (tertiary/aromatic N) is 1. The van der Waals surface area contributed by atoms with Gasteiger partial charge in [0, 0.05) is 12.2 Å². The number of nitrogens with two attached hydrogens (primary N) is 1. The molecule has 0 radical (unpaired) electrons. The lowest BCUT2D eigenvalue weighted by Gasteiger charge is -2.10. The van der Waals surface area contributed by atoms with E-state index in [9.17, 15) is 0 Å². The van der Waals surface area contributed by atoms with Gasteiger partial charge < -0.3 is 11.1 Å². The van der Waals surface area contributed by atoms with Crippen molar-refractivity contribution >= 4 is 11.5 Å². The van der Waals surface area contributed by atoms with Crippen molar-refractivity contribution < 1.29 is 0 Å². The average Bonchev–Trinajstić information content (AvgIpc) is 2.40. The zero-order chi connectivity index (χ0) is 13.8. The molecule has 1 aromatic carbocycles. The minimum atomic E-state index is 0.566. The van der Waals surface area contributed by atoms with E-state index in [4.69, 9.17) is 5.73 Å². The normalized spacial score (nSPS) is 10.7. The molecule has 3 heteroatoms. The number of aromatic nitrogens is 1. The maximum Gasteiger partial charge on any atom is 0.149 e. The van der Waals surface area contributed by atoms with Crippen LogP contribution in [0.2, 0.25) is 0 Å². The summed E-state index contributed by atoms with van der Waals surface area (Å²) in [6.45, 7) is 7.09. The van der Waals surface area contributed by atoms with Gasteiger partial charge in [0.2, 0.25) is 0 Å². The Morgan fingerprint density at radius 1 is 1.11 bits per heavy atom. The summed E-state index contributed by atoms with van der Waals surface area (Å²) in [4.78, 5) is 4.40. The Kier molecular flexibility index (Phi) is 4.05. The molecule has 0 fully saturated rings. The first-order valence-electron chi connectivity index (χ1n) is 6.62. The van der Waals surface area contributed by atoms with Crippen LogP contribution in [0.15, 0.2) is 36.4 Å². The number of nitrogen functional groups attached to an aromatic ring is 1. The molecule has 0 aliphatic heterocycles. The number of nitrogens with one attached hydrogen (secondary N) is 1. The van der Waals surface area contributed by atoms with Gasteiger partial charge in [-0.1, -0.05) is 38.1 Å². The number of aryl methyl sites for hydroxylation is 1. The lowest BCUT2D eigenvalue weighted by atomic mass is 10.0. The van der Waals surface area contributed by atoms with Gasteiger partial charge in [0.05, 0.1) is 5.69 Å². The summed E-state index contributed by atoms with van der Waals surface area (Å²) in [5.74, 6) is 1.32. The number of benzene rings is 1. The number of hydrogen-bond donors (Lipinski definition) is 2. The molecule has 19 heavy (non-hydrogen) atoms. The van der Waals surface area contributed by atoms with Crippen LogP contribution in [0.25, 0.3) is 0 Å². The summed E-state index contributed by atoms with van der Waals surface area (Å²) in [5, 5.41) is 3.28. The van der Waals surface area contributed by atoms with Crippen LogP contribution in [-0.4, -0.2) is 4.98 Å². The van der Waals surface area contributed by atoms with Crippen molar-refractivity contribution in [3.05, 3.63) is 53.2 Å². The van der Waals surface area contributed by atoms with Gasteiger partial charge >= 0.3 is 0 Å². The minimum Gasteiger partial charge on any atom is -0.396 e. The lowest BCUT2D eigenvalue weighted by molar-refractivity contribution is 0.865. The maximum atomic E-state index is 5.89. The molecule has 1 heterocycles. The van der Waals surface area contributed by atoms with E-state index in [0.717, 1.165) is 18.1 Å². The fraction of sp³-hybridized carbons (Fsp3) is 0.312. The van der Waals surface area contributed by atoms with Gasteiger partial charge in [0.15, 0.2) is 0 Å². The average molecular weight is 255 g/mol. The van der Waals surface area contributed by atoms with Crippen molar-refractivity contribution in [3.63, 3.8) is 0 Å². The molecule has 0 atom stereocenters. The van der Waals surface area contributed by atoms with Crippen molar-refractivity contribution in [2.75, 3.05) is 11.1 Å². The predicted octanol–water partition coefficient (Wildman–Crippen LogP) is 3.71. The molecule has 0 bridgehead atoms. The zero-order valence-electron chi connectivity index (χ0n) is 11.8. The van der Waals surface area contributed by atoms with E-state index in [1.54, 1.807) is 0 Å². The largest absolute Gasteiger partial charge is 0.396 e. The first-order valence-corrected chi connectivity index (χ1v) is 6.62. The quantitative estimate of drug-likeness (QED) is 0.875. The van der Waals surface area contributed by atoms with Crippen LogP contribution in [0.4, 0.5) is 11.5 Å². The van der Waals surface area contributed by atoms with Crippen LogP contribution in [-0.2, 0) is 6.54 Å². The van der Waals surface area contributed by atoms with Gasteiger partial charge in [0.1, 0.15) is 5.82 Å². The Morgan fingerprint density at radius 3 is 2.42 bits per heavy atom. The Bertz CT molecular complexity index is 544. The first-order chi connectivity index (χ1) is 9.06. The fourth-order valence-electron chi connectivity index (χ4n) is 1.92. The number of rotatable bonds is 4. The van der Waals surface area contributed by atoms with E-state index < -0.39 is 0 Å². The molecule has 0 aliphatic rings. The fourth-order valence-corrected chi connectivity index (χ4v) is 1.92. The summed E-state index contributed by atoms with van der Waals surface area (Å²) in [6, 6.07) is 12.4. The predicted molar refractivity (Wildman–Crippen MR) is 81.2 cm³/mol. The van der Waals surface area contributed by atoms with Crippen molar-refractivity contribution in [3.8, 4) is 0 Å². The Morgan fingerprint density at radius 2 is 1.79 bits per heavy atom. The van der Waals surface area contributed by atoms with E-state index in [1.807, 2.05) is 19.1 Å². The molecular weight excluding hydrogens is 234 g/mol. The highest BCUT2D eigenvalue weighted by Gasteiger charge is 2.02. The summed E-state index contributed by atoms with van der Waals surface area (Å²) < 4.78 is 0. The molecule has 100 valence electrons. The molecule has 0 amide bonds. The number of hydrogen-bond acceptors (Lipinski definition) is 3. The molecule has 0 spiro atoms. The number of anilines is 2. The second kappa shape index (κ2) is 5.74. The second-order valence-corrected chi connectivity index (χ2v) is 5.14. The summed E-state index contributed by atoms with van der Waals surface area (Å²) in [6.07, 6.45) is 0. The van der Waals surface area contributed by atoms with Gasteiger partial charge in [-0.15, -0.1) is 0 Å². The molecule has 3 nitrogen and oxygen atoms in total. The van der Waals surface area contributed by atoms with Crippen LogP contribution in [0.5, 0.6) is 0 Å². The third kappa shape index (κ3) is 3.47. The van der Waals surface area contributed by atoms with Gasteiger partial charge in [-0.25, -0.2) is 4.98 Å². The molecule has 0 saturated heterocycles. The monoisotopic (exact) mass is 255 g/mol. The molecule has 3 N–H and O–H groups in total. The van der Waals surface area contributed by atoms with E-state index in [0.29, 0.717) is 11.6 Å². The van der Waals surface area contributed by atoms with Crippen molar-refractivity contribution in [2.45, 2.75) is 33.2 Å². The topological polar surface area (TPSA) is 50.9 Å². The molecule has 2 rings (SSSR count). The van der Waals surface area contributed by atoms with E-state index in [1.165, 1.54) is 11.1 Å². The molecule has 0 aliphatic carbocycles. The zero-order valence-corrected chi connectivity index (χ0v) is 11.8. The molecule has 0 saturated carbocycles. The van der Waals surface area contributed by atoms with Crippen molar-refractivity contribution in [1.29, 1.82) is 0 Å². The molecular formula is C16H21N3. The van der Waals surface area contributed by atoms with Crippen LogP contribution in [0.3, 0.4) is 0 Å². The molecule has 0 unspecified atom stereocenters. The highest BCUT2D eigenvalue weighted by atomic mass is 15.0.